The van der Waals surface area contributed by atoms with Gasteiger partial charge in [0.2, 0.25) is 5.91 Å². The molecule has 0 aliphatic carbocycles. The summed E-state index contributed by atoms with van der Waals surface area (Å²) in [5.41, 5.74) is 0. The highest BCUT2D eigenvalue weighted by molar-refractivity contribution is 5.85. The molecule has 0 aromatic carbocycles. The van der Waals surface area contributed by atoms with E-state index in [9.17, 15) is 14.4 Å². The molecule has 0 aliphatic rings. The van der Waals surface area contributed by atoms with Crippen molar-refractivity contribution in [1.82, 2.24) is 4.90 Å². The van der Waals surface area contributed by atoms with E-state index in [0.717, 1.165) is 4.90 Å². The molecule has 0 fully saturated rings. The van der Waals surface area contributed by atoms with E-state index in [4.69, 9.17) is 0 Å². The molecule has 0 saturated heterocycles. The van der Waals surface area contributed by atoms with Crippen molar-refractivity contribution in [2.75, 3.05) is 27.3 Å². The van der Waals surface area contributed by atoms with E-state index in [1.807, 2.05) is 6.92 Å². The summed E-state index contributed by atoms with van der Waals surface area (Å²) in [5, 5.41) is 0. The predicted octanol–water partition coefficient (Wildman–Crippen LogP) is -0.0389. The average Bonchev–Trinajstić information content (AvgIpc) is 2.27. The van der Waals surface area contributed by atoms with Crippen LogP contribution in [0.5, 0.6) is 0 Å². The minimum atomic E-state index is -0.562. The summed E-state index contributed by atoms with van der Waals surface area (Å²) in [4.78, 5) is 34.7. The first-order chi connectivity index (χ1) is 7.54. The van der Waals surface area contributed by atoms with Crippen molar-refractivity contribution in [2.24, 2.45) is 0 Å². The Labute approximate surface area is 94.5 Å². The lowest BCUT2D eigenvalue weighted by Crippen LogP contribution is -2.40. The lowest BCUT2D eigenvalue weighted by Gasteiger charge is -2.19. The van der Waals surface area contributed by atoms with Gasteiger partial charge in [0.05, 0.1) is 14.2 Å². The topological polar surface area (TPSA) is 72.9 Å². The first-order valence-corrected chi connectivity index (χ1v) is 4.96. The second-order valence-electron chi connectivity index (χ2n) is 3.15. The molecule has 92 valence electrons. The summed E-state index contributed by atoms with van der Waals surface area (Å²) >= 11 is 0. The standard InChI is InChI=1S/C10H17NO5/c1-4-5-8(12)11(6-9(13)15-2)7-10(14)16-3/h4-7H2,1-3H3. The highest BCUT2D eigenvalue weighted by atomic mass is 16.5. The minimum absolute atomic E-state index is 0.232. The van der Waals surface area contributed by atoms with Crippen LogP contribution in [0.2, 0.25) is 0 Å². The number of hydrogen-bond donors (Lipinski definition) is 0. The van der Waals surface area contributed by atoms with Crippen LogP contribution in [-0.2, 0) is 23.9 Å². The van der Waals surface area contributed by atoms with Gasteiger partial charge in [-0.05, 0) is 6.42 Å². The summed E-state index contributed by atoms with van der Waals surface area (Å²) in [6.07, 6.45) is 0.936. The molecule has 0 spiro atoms. The fourth-order valence-corrected chi connectivity index (χ4v) is 1.05. The van der Waals surface area contributed by atoms with Gasteiger partial charge in [-0.25, -0.2) is 0 Å². The number of carbonyl (C=O) groups excluding carboxylic acids is 3. The molecule has 6 nitrogen and oxygen atoms in total. The zero-order valence-electron chi connectivity index (χ0n) is 9.82. The van der Waals surface area contributed by atoms with Crippen molar-refractivity contribution in [3.05, 3.63) is 0 Å². The second kappa shape index (κ2) is 7.67. The third kappa shape index (κ3) is 5.33. The highest BCUT2D eigenvalue weighted by Crippen LogP contribution is 1.99. The molecule has 0 rings (SSSR count). The maximum atomic E-state index is 11.6. The van der Waals surface area contributed by atoms with Gasteiger partial charge in [0.25, 0.3) is 0 Å². The smallest absolute Gasteiger partial charge is 0.325 e. The number of nitrogens with zero attached hydrogens (tertiary/aromatic N) is 1. The van der Waals surface area contributed by atoms with Crippen LogP contribution in [0.15, 0.2) is 0 Å². The number of methoxy groups -OCH3 is 2. The molecular formula is C10H17NO5. The van der Waals surface area contributed by atoms with Crippen LogP contribution in [0.3, 0.4) is 0 Å². The van der Waals surface area contributed by atoms with Crippen LogP contribution in [0, 0.1) is 0 Å². The van der Waals surface area contributed by atoms with Crippen LogP contribution in [-0.4, -0.2) is 50.1 Å². The van der Waals surface area contributed by atoms with Gasteiger partial charge in [-0.2, -0.15) is 0 Å². The lowest BCUT2D eigenvalue weighted by molar-refractivity contribution is -0.152. The van der Waals surface area contributed by atoms with Crippen LogP contribution in [0.4, 0.5) is 0 Å². The van der Waals surface area contributed by atoms with E-state index in [1.165, 1.54) is 14.2 Å². The van der Waals surface area contributed by atoms with Gasteiger partial charge in [0.15, 0.2) is 0 Å². The Morgan fingerprint density at radius 2 is 1.44 bits per heavy atom. The zero-order chi connectivity index (χ0) is 12.6. The highest BCUT2D eigenvalue weighted by Gasteiger charge is 2.19. The number of rotatable bonds is 6. The molecule has 1 amide bonds. The van der Waals surface area contributed by atoms with E-state index < -0.39 is 11.9 Å². The fraction of sp³-hybridized carbons (Fsp3) is 0.700. The maximum absolute atomic E-state index is 11.6. The van der Waals surface area contributed by atoms with E-state index in [2.05, 4.69) is 9.47 Å². The Morgan fingerprint density at radius 3 is 1.75 bits per heavy atom. The molecule has 0 bridgehead atoms. The van der Waals surface area contributed by atoms with E-state index in [-0.39, 0.29) is 25.4 Å². The van der Waals surface area contributed by atoms with Gasteiger partial charge in [-0.1, -0.05) is 6.92 Å². The summed E-state index contributed by atoms with van der Waals surface area (Å²) in [5.74, 6) is -1.39. The first-order valence-electron chi connectivity index (χ1n) is 4.96. The van der Waals surface area contributed by atoms with Crippen LogP contribution < -0.4 is 0 Å². The molecule has 0 heterocycles. The molecule has 0 atom stereocenters. The molecule has 0 aromatic heterocycles. The third-order valence-corrected chi connectivity index (χ3v) is 1.91. The van der Waals surface area contributed by atoms with Crippen molar-refractivity contribution < 1.29 is 23.9 Å². The number of esters is 2. The minimum Gasteiger partial charge on any atom is -0.468 e. The second-order valence-corrected chi connectivity index (χ2v) is 3.15. The molecule has 0 unspecified atom stereocenters. The SMILES string of the molecule is CCCC(=O)N(CC(=O)OC)CC(=O)OC. The molecule has 0 N–H and O–H groups in total. The molecule has 0 aromatic rings. The molecular weight excluding hydrogens is 214 g/mol. The molecule has 16 heavy (non-hydrogen) atoms. The predicted molar refractivity (Wildman–Crippen MR) is 55.5 cm³/mol. The van der Waals surface area contributed by atoms with Crippen molar-refractivity contribution in [3.8, 4) is 0 Å². The van der Waals surface area contributed by atoms with E-state index >= 15 is 0 Å². The van der Waals surface area contributed by atoms with Crippen LogP contribution in [0.25, 0.3) is 0 Å². The molecule has 0 saturated carbocycles. The Kier molecular flexibility index (Phi) is 6.91. The summed E-state index contributed by atoms with van der Waals surface area (Å²) < 4.78 is 8.88. The monoisotopic (exact) mass is 231 g/mol. The first kappa shape index (κ1) is 14.4. The number of amides is 1. The van der Waals surface area contributed by atoms with E-state index in [1.54, 1.807) is 0 Å². The Balaban J connectivity index is 4.43. The van der Waals surface area contributed by atoms with Crippen molar-refractivity contribution in [3.63, 3.8) is 0 Å². The quantitative estimate of drug-likeness (QED) is 0.600. The van der Waals surface area contributed by atoms with Gasteiger partial charge in [-0.3, -0.25) is 14.4 Å². The zero-order valence-corrected chi connectivity index (χ0v) is 9.82. The summed E-state index contributed by atoms with van der Waals surface area (Å²) in [6, 6.07) is 0. The van der Waals surface area contributed by atoms with Gasteiger partial charge in [0, 0.05) is 6.42 Å². The van der Waals surface area contributed by atoms with Crippen molar-refractivity contribution in [2.45, 2.75) is 19.8 Å². The molecule has 0 aliphatic heterocycles. The Hall–Kier alpha value is -1.59. The average molecular weight is 231 g/mol. The number of hydrogen-bond acceptors (Lipinski definition) is 5. The van der Waals surface area contributed by atoms with Crippen molar-refractivity contribution >= 4 is 17.8 Å². The van der Waals surface area contributed by atoms with Crippen LogP contribution in [0.1, 0.15) is 19.8 Å². The van der Waals surface area contributed by atoms with Gasteiger partial charge < -0.3 is 14.4 Å². The van der Waals surface area contributed by atoms with Gasteiger partial charge in [0.1, 0.15) is 13.1 Å². The Bertz CT molecular complexity index is 246. The third-order valence-electron chi connectivity index (χ3n) is 1.91. The summed E-state index contributed by atoms with van der Waals surface area (Å²) in [7, 11) is 2.45. The largest absolute Gasteiger partial charge is 0.468 e. The van der Waals surface area contributed by atoms with Gasteiger partial charge in [-0.15, -0.1) is 0 Å². The van der Waals surface area contributed by atoms with E-state index in [0.29, 0.717) is 6.42 Å². The van der Waals surface area contributed by atoms with Crippen LogP contribution >= 0.6 is 0 Å². The summed E-state index contributed by atoms with van der Waals surface area (Å²) in [6.45, 7) is 1.38. The fourth-order valence-electron chi connectivity index (χ4n) is 1.05. The molecule has 6 heteroatoms. The van der Waals surface area contributed by atoms with Crippen molar-refractivity contribution in [1.29, 1.82) is 0 Å². The molecule has 0 radical (unpaired) electrons. The van der Waals surface area contributed by atoms with Gasteiger partial charge >= 0.3 is 11.9 Å². The number of carbonyl (C=O) groups is 3. The number of ether oxygens (including phenoxy) is 2. The normalized spacial score (nSPS) is 9.44. The maximum Gasteiger partial charge on any atom is 0.325 e. The lowest BCUT2D eigenvalue weighted by atomic mass is 10.3. The Morgan fingerprint density at radius 1 is 1.00 bits per heavy atom.